The Balaban J connectivity index is 2.25. The third-order valence-electron chi connectivity index (χ3n) is 2.60. The third-order valence-corrected chi connectivity index (χ3v) is 3.85. The fourth-order valence-electron chi connectivity index (χ4n) is 1.53. The molecule has 98 valence electrons. The van der Waals surface area contributed by atoms with Crippen molar-refractivity contribution in [3.8, 4) is 0 Å². The highest BCUT2D eigenvalue weighted by atomic mass is 32.2. The lowest BCUT2D eigenvalue weighted by molar-refractivity contribution is 0.598. The second kappa shape index (κ2) is 5.77. The van der Waals surface area contributed by atoms with E-state index in [-0.39, 0.29) is 4.90 Å². The Labute approximate surface area is 112 Å². The molecule has 0 saturated carbocycles. The van der Waals surface area contributed by atoms with Crippen LogP contribution in [0.1, 0.15) is 11.1 Å². The van der Waals surface area contributed by atoms with Crippen LogP contribution < -0.4 is 5.73 Å². The predicted octanol–water partition coefficient (Wildman–Crippen LogP) is 1.95. The van der Waals surface area contributed by atoms with E-state index in [0.717, 1.165) is 11.1 Å². The Kier molecular flexibility index (Phi) is 4.09. The molecule has 0 radical (unpaired) electrons. The first-order chi connectivity index (χ1) is 9.12. The maximum absolute atomic E-state index is 12.0. The second-order valence-electron chi connectivity index (χ2n) is 3.97. The zero-order chi connectivity index (χ0) is 13.7. The quantitative estimate of drug-likeness (QED) is 0.866. The molecule has 0 aliphatic rings. The van der Waals surface area contributed by atoms with Crippen molar-refractivity contribution >= 4 is 16.2 Å². The molecule has 0 spiro atoms. The minimum atomic E-state index is -3.65. The van der Waals surface area contributed by atoms with Crippen LogP contribution >= 0.6 is 0 Å². The van der Waals surface area contributed by atoms with Gasteiger partial charge in [-0.1, -0.05) is 42.5 Å². The standard InChI is InChI=1S/C14H14N2O2S/c15-10-12-6-8-14(9-7-12)19(17,18)16-11-13-4-2-1-3-5-13/h1-9,11H,10,15H2/b16-11+. The number of hydrogen-bond donors (Lipinski definition) is 1. The Morgan fingerprint density at radius 2 is 1.63 bits per heavy atom. The normalized spacial score (nSPS) is 11.8. The van der Waals surface area contributed by atoms with E-state index in [1.165, 1.54) is 18.3 Å². The first kappa shape index (κ1) is 13.5. The van der Waals surface area contributed by atoms with Gasteiger partial charge in [0.05, 0.1) is 4.90 Å². The third kappa shape index (κ3) is 3.49. The predicted molar refractivity (Wildman–Crippen MR) is 75.6 cm³/mol. The Hall–Kier alpha value is -1.98. The highest BCUT2D eigenvalue weighted by Gasteiger charge is 2.10. The van der Waals surface area contributed by atoms with Crippen LogP contribution in [0.25, 0.3) is 0 Å². The van der Waals surface area contributed by atoms with E-state index in [4.69, 9.17) is 5.73 Å². The second-order valence-corrected chi connectivity index (χ2v) is 5.60. The molecule has 0 bridgehead atoms. The highest BCUT2D eigenvalue weighted by molar-refractivity contribution is 7.90. The van der Waals surface area contributed by atoms with Crippen molar-refractivity contribution < 1.29 is 8.42 Å². The number of rotatable bonds is 4. The summed E-state index contributed by atoms with van der Waals surface area (Å²) >= 11 is 0. The molecule has 0 aliphatic carbocycles. The van der Waals surface area contributed by atoms with Gasteiger partial charge in [-0.2, -0.15) is 12.8 Å². The minimum absolute atomic E-state index is 0.164. The zero-order valence-electron chi connectivity index (χ0n) is 10.2. The van der Waals surface area contributed by atoms with Crippen molar-refractivity contribution in [2.75, 3.05) is 0 Å². The molecule has 0 heterocycles. The number of sulfonamides is 1. The molecular weight excluding hydrogens is 260 g/mol. The smallest absolute Gasteiger partial charge is 0.282 e. The van der Waals surface area contributed by atoms with E-state index in [2.05, 4.69) is 4.40 Å². The van der Waals surface area contributed by atoms with E-state index in [0.29, 0.717) is 6.54 Å². The molecule has 2 aromatic rings. The molecule has 4 nitrogen and oxygen atoms in total. The van der Waals surface area contributed by atoms with Crippen LogP contribution in [0.3, 0.4) is 0 Å². The molecule has 0 amide bonds. The summed E-state index contributed by atoms with van der Waals surface area (Å²) in [7, 11) is -3.65. The summed E-state index contributed by atoms with van der Waals surface area (Å²) in [6, 6.07) is 15.5. The molecule has 0 aromatic heterocycles. The summed E-state index contributed by atoms with van der Waals surface area (Å²) in [4.78, 5) is 0.164. The van der Waals surface area contributed by atoms with E-state index in [9.17, 15) is 8.42 Å². The Morgan fingerprint density at radius 1 is 1.00 bits per heavy atom. The van der Waals surface area contributed by atoms with Crippen LogP contribution in [-0.4, -0.2) is 14.6 Å². The van der Waals surface area contributed by atoms with Crippen molar-refractivity contribution in [2.24, 2.45) is 10.1 Å². The molecule has 2 N–H and O–H groups in total. The highest BCUT2D eigenvalue weighted by Crippen LogP contribution is 2.13. The molecule has 0 unspecified atom stereocenters. The average molecular weight is 274 g/mol. The molecule has 0 atom stereocenters. The van der Waals surface area contributed by atoms with Crippen molar-refractivity contribution in [1.82, 2.24) is 0 Å². The molecular formula is C14H14N2O2S. The SMILES string of the molecule is NCc1ccc(S(=O)(=O)/N=C/c2ccccc2)cc1. The largest absolute Gasteiger partial charge is 0.326 e. The Morgan fingerprint density at radius 3 is 2.21 bits per heavy atom. The number of hydrogen-bond acceptors (Lipinski definition) is 3. The van der Waals surface area contributed by atoms with Gasteiger partial charge in [0.25, 0.3) is 10.0 Å². The van der Waals surface area contributed by atoms with Crippen molar-refractivity contribution in [1.29, 1.82) is 0 Å². The topological polar surface area (TPSA) is 72.5 Å². The van der Waals surface area contributed by atoms with Gasteiger partial charge in [-0.3, -0.25) is 0 Å². The molecule has 2 aromatic carbocycles. The molecule has 5 heteroatoms. The molecule has 0 aliphatic heterocycles. The fraction of sp³-hybridized carbons (Fsp3) is 0.0714. The average Bonchev–Trinajstić information content (AvgIpc) is 2.46. The van der Waals surface area contributed by atoms with Gasteiger partial charge >= 0.3 is 0 Å². The fourth-order valence-corrected chi connectivity index (χ4v) is 2.39. The van der Waals surface area contributed by atoms with E-state index in [1.807, 2.05) is 18.2 Å². The van der Waals surface area contributed by atoms with Crippen LogP contribution in [-0.2, 0) is 16.6 Å². The van der Waals surface area contributed by atoms with Crippen LogP contribution in [0.15, 0.2) is 63.9 Å². The van der Waals surface area contributed by atoms with Gasteiger partial charge in [-0.25, -0.2) is 0 Å². The van der Waals surface area contributed by atoms with Gasteiger partial charge < -0.3 is 5.73 Å². The maximum atomic E-state index is 12.0. The van der Waals surface area contributed by atoms with Crippen LogP contribution in [0.4, 0.5) is 0 Å². The first-order valence-electron chi connectivity index (χ1n) is 5.76. The van der Waals surface area contributed by atoms with Gasteiger partial charge in [0.1, 0.15) is 0 Å². The zero-order valence-corrected chi connectivity index (χ0v) is 11.0. The number of nitrogens with two attached hydrogens (primary N) is 1. The molecule has 0 fully saturated rings. The van der Waals surface area contributed by atoms with Crippen LogP contribution in [0.2, 0.25) is 0 Å². The van der Waals surface area contributed by atoms with Crippen molar-refractivity contribution in [3.05, 3.63) is 65.7 Å². The number of nitrogens with zero attached hydrogens (tertiary/aromatic N) is 1. The molecule has 19 heavy (non-hydrogen) atoms. The Bertz CT molecular complexity index is 662. The van der Waals surface area contributed by atoms with Gasteiger partial charge in [-0.15, -0.1) is 0 Å². The van der Waals surface area contributed by atoms with Crippen molar-refractivity contribution in [3.63, 3.8) is 0 Å². The summed E-state index contributed by atoms with van der Waals surface area (Å²) < 4.78 is 27.6. The van der Waals surface area contributed by atoms with E-state index >= 15 is 0 Å². The minimum Gasteiger partial charge on any atom is -0.326 e. The van der Waals surface area contributed by atoms with E-state index < -0.39 is 10.0 Å². The lowest BCUT2D eigenvalue weighted by Crippen LogP contribution is -2.00. The summed E-state index contributed by atoms with van der Waals surface area (Å²) in [5, 5.41) is 0. The monoisotopic (exact) mass is 274 g/mol. The summed E-state index contributed by atoms with van der Waals surface area (Å²) in [5.41, 5.74) is 7.09. The van der Waals surface area contributed by atoms with Gasteiger partial charge in [0.15, 0.2) is 0 Å². The summed E-state index contributed by atoms with van der Waals surface area (Å²) in [5.74, 6) is 0. The van der Waals surface area contributed by atoms with Crippen molar-refractivity contribution in [2.45, 2.75) is 11.4 Å². The summed E-state index contributed by atoms with van der Waals surface area (Å²) in [6.07, 6.45) is 1.34. The van der Waals surface area contributed by atoms with E-state index in [1.54, 1.807) is 24.3 Å². The lowest BCUT2D eigenvalue weighted by Gasteiger charge is -2.00. The number of benzene rings is 2. The molecule has 2 rings (SSSR count). The molecule has 0 saturated heterocycles. The first-order valence-corrected chi connectivity index (χ1v) is 7.20. The maximum Gasteiger partial charge on any atom is 0.282 e. The van der Waals surface area contributed by atoms with Crippen LogP contribution in [0, 0.1) is 0 Å². The lowest BCUT2D eigenvalue weighted by atomic mass is 10.2. The van der Waals surface area contributed by atoms with Crippen LogP contribution in [0.5, 0.6) is 0 Å². The van der Waals surface area contributed by atoms with Gasteiger partial charge in [-0.05, 0) is 23.3 Å². The van der Waals surface area contributed by atoms with Gasteiger partial charge in [0.2, 0.25) is 0 Å². The van der Waals surface area contributed by atoms with Gasteiger partial charge in [0, 0.05) is 12.8 Å². The summed E-state index contributed by atoms with van der Waals surface area (Å²) in [6.45, 7) is 0.383.